The number of hydrogen-bond acceptors (Lipinski definition) is 2. The molecule has 2 rings (SSSR count). The number of aryl methyl sites for hydroxylation is 1. The van der Waals surface area contributed by atoms with Crippen molar-refractivity contribution in [3.8, 4) is 11.4 Å². The van der Waals surface area contributed by atoms with E-state index >= 15 is 0 Å². The Morgan fingerprint density at radius 2 is 1.82 bits per heavy atom. The second kappa shape index (κ2) is 5.24. The van der Waals surface area contributed by atoms with E-state index in [4.69, 9.17) is 0 Å². The van der Waals surface area contributed by atoms with Gasteiger partial charge in [0.15, 0.2) is 5.82 Å². The van der Waals surface area contributed by atoms with Gasteiger partial charge in [-0.05, 0) is 23.6 Å². The number of nitrogens with zero attached hydrogens (tertiary/aromatic N) is 2. The summed E-state index contributed by atoms with van der Waals surface area (Å²) in [4.78, 5) is 8.69. The van der Waals surface area contributed by atoms with E-state index in [0.29, 0.717) is 0 Å². The van der Waals surface area contributed by atoms with Crippen LogP contribution in [0.2, 0.25) is 0 Å². The molecule has 0 spiro atoms. The van der Waals surface area contributed by atoms with E-state index in [1.807, 2.05) is 42.7 Å². The van der Waals surface area contributed by atoms with Crippen molar-refractivity contribution in [3.05, 3.63) is 60.1 Å². The Hall–Kier alpha value is -2.18. The lowest BCUT2D eigenvalue weighted by atomic mass is 10.1. The molecule has 1 aromatic carbocycles. The van der Waals surface area contributed by atoms with Crippen molar-refractivity contribution >= 4 is 6.08 Å². The van der Waals surface area contributed by atoms with Gasteiger partial charge in [-0.25, -0.2) is 9.97 Å². The lowest BCUT2D eigenvalue weighted by molar-refractivity contribution is 1.05. The topological polar surface area (TPSA) is 25.8 Å². The van der Waals surface area contributed by atoms with Gasteiger partial charge in [-0.2, -0.15) is 0 Å². The zero-order chi connectivity index (χ0) is 12.1. The molecular formula is C15H14N2. The smallest absolute Gasteiger partial charge is 0.159 e. The van der Waals surface area contributed by atoms with E-state index in [-0.39, 0.29) is 0 Å². The molecule has 0 atom stereocenters. The van der Waals surface area contributed by atoms with Crippen molar-refractivity contribution < 1.29 is 0 Å². The Labute approximate surface area is 101 Å². The van der Waals surface area contributed by atoms with Crippen LogP contribution in [-0.2, 0) is 6.42 Å². The van der Waals surface area contributed by atoms with Crippen molar-refractivity contribution in [1.82, 2.24) is 9.97 Å². The molecule has 0 unspecified atom stereocenters. The summed E-state index contributed by atoms with van der Waals surface area (Å²) in [6.07, 6.45) is 6.55. The van der Waals surface area contributed by atoms with Crippen LogP contribution in [0, 0.1) is 0 Å². The molecule has 0 radical (unpaired) electrons. The quantitative estimate of drug-likeness (QED) is 0.743. The van der Waals surface area contributed by atoms with Crippen LogP contribution in [0.5, 0.6) is 0 Å². The minimum atomic E-state index is 0.760. The highest BCUT2D eigenvalue weighted by Gasteiger charge is 2.00. The second-order valence-electron chi connectivity index (χ2n) is 3.74. The normalized spacial score (nSPS) is 9.71. The Balaban J connectivity index is 2.29. The molecule has 84 valence electrons. The molecule has 0 saturated heterocycles. The highest BCUT2D eigenvalue weighted by Crippen LogP contribution is 2.15. The molecule has 2 heteroatoms. The van der Waals surface area contributed by atoms with Crippen molar-refractivity contribution in [2.75, 3.05) is 0 Å². The molecule has 2 nitrogen and oxygen atoms in total. The lowest BCUT2D eigenvalue weighted by Gasteiger charge is -2.01. The first-order valence-electron chi connectivity index (χ1n) is 5.60. The van der Waals surface area contributed by atoms with Crippen LogP contribution in [0.25, 0.3) is 17.5 Å². The predicted molar refractivity (Wildman–Crippen MR) is 70.5 cm³/mol. The number of hydrogen-bond donors (Lipinski definition) is 0. The SMILES string of the molecule is C=C=Cc1ccc(-c2ncc(CC)cn2)cc1. The molecule has 1 aromatic heterocycles. The van der Waals surface area contributed by atoms with Gasteiger partial charge >= 0.3 is 0 Å². The summed E-state index contributed by atoms with van der Waals surface area (Å²) >= 11 is 0. The van der Waals surface area contributed by atoms with Crippen LogP contribution in [0.15, 0.2) is 49.0 Å². The molecule has 2 aromatic rings. The van der Waals surface area contributed by atoms with Crippen molar-refractivity contribution in [1.29, 1.82) is 0 Å². The fourth-order valence-corrected chi connectivity index (χ4v) is 1.53. The average Bonchev–Trinajstić information content (AvgIpc) is 2.40. The van der Waals surface area contributed by atoms with Gasteiger partial charge in [0.2, 0.25) is 0 Å². The molecule has 0 N–H and O–H groups in total. The summed E-state index contributed by atoms with van der Waals surface area (Å²) in [5, 5.41) is 0. The number of rotatable bonds is 3. The molecule has 0 fully saturated rings. The van der Waals surface area contributed by atoms with Crippen molar-refractivity contribution in [2.24, 2.45) is 0 Å². The van der Waals surface area contributed by atoms with Gasteiger partial charge in [0.25, 0.3) is 0 Å². The van der Waals surface area contributed by atoms with Gasteiger partial charge < -0.3 is 0 Å². The Kier molecular flexibility index (Phi) is 3.49. The molecule has 0 saturated carbocycles. The van der Waals surface area contributed by atoms with Crippen LogP contribution in [0.4, 0.5) is 0 Å². The van der Waals surface area contributed by atoms with E-state index in [9.17, 15) is 0 Å². The fourth-order valence-electron chi connectivity index (χ4n) is 1.53. The summed E-state index contributed by atoms with van der Waals surface area (Å²) in [6, 6.07) is 8.02. The van der Waals surface area contributed by atoms with E-state index < -0.39 is 0 Å². The van der Waals surface area contributed by atoms with Gasteiger partial charge in [-0.3, -0.25) is 0 Å². The minimum absolute atomic E-state index is 0.760. The molecule has 0 aliphatic heterocycles. The van der Waals surface area contributed by atoms with Gasteiger partial charge in [0.1, 0.15) is 0 Å². The van der Waals surface area contributed by atoms with Gasteiger partial charge in [0.05, 0.1) is 0 Å². The molecular weight excluding hydrogens is 208 g/mol. The summed E-state index contributed by atoms with van der Waals surface area (Å²) in [6.45, 7) is 5.64. The number of aromatic nitrogens is 2. The van der Waals surface area contributed by atoms with Gasteiger partial charge in [-0.15, -0.1) is 5.73 Å². The predicted octanol–water partition coefficient (Wildman–Crippen LogP) is 3.50. The molecule has 17 heavy (non-hydrogen) atoms. The Bertz CT molecular complexity index is 532. The van der Waals surface area contributed by atoms with Crippen LogP contribution >= 0.6 is 0 Å². The number of benzene rings is 1. The maximum atomic E-state index is 4.35. The highest BCUT2D eigenvalue weighted by molar-refractivity contribution is 5.59. The molecule has 0 aliphatic carbocycles. The largest absolute Gasteiger partial charge is 0.236 e. The first kappa shape index (κ1) is 11.3. The van der Waals surface area contributed by atoms with Gasteiger partial charge in [-0.1, -0.05) is 37.8 Å². The third-order valence-electron chi connectivity index (χ3n) is 2.55. The monoisotopic (exact) mass is 222 g/mol. The molecule has 0 aliphatic rings. The lowest BCUT2D eigenvalue weighted by Crippen LogP contribution is -1.91. The van der Waals surface area contributed by atoms with E-state index in [1.54, 1.807) is 0 Å². The fraction of sp³-hybridized carbons (Fsp3) is 0.133. The molecule has 0 amide bonds. The summed E-state index contributed by atoms with van der Waals surface area (Å²) in [5.41, 5.74) is 6.00. The van der Waals surface area contributed by atoms with E-state index in [1.165, 1.54) is 0 Å². The standard InChI is InChI=1S/C15H14N2/c1-3-5-13-6-8-14(9-7-13)15-16-10-12(4-2)11-17-15/h5-11H,1,4H2,2H3. The van der Waals surface area contributed by atoms with Crippen LogP contribution in [0.1, 0.15) is 18.1 Å². The Morgan fingerprint density at radius 3 is 2.35 bits per heavy atom. The first-order valence-corrected chi connectivity index (χ1v) is 5.60. The summed E-state index contributed by atoms with van der Waals surface area (Å²) < 4.78 is 0. The third-order valence-corrected chi connectivity index (χ3v) is 2.55. The summed E-state index contributed by atoms with van der Waals surface area (Å²) in [7, 11) is 0. The maximum Gasteiger partial charge on any atom is 0.159 e. The second-order valence-corrected chi connectivity index (χ2v) is 3.74. The molecule has 1 heterocycles. The minimum Gasteiger partial charge on any atom is -0.236 e. The highest BCUT2D eigenvalue weighted by atomic mass is 14.9. The molecule has 0 bridgehead atoms. The first-order chi connectivity index (χ1) is 8.33. The van der Waals surface area contributed by atoms with Gasteiger partial charge in [0, 0.05) is 18.0 Å². The van der Waals surface area contributed by atoms with Crippen molar-refractivity contribution in [2.45, 2.75) is 13.3 Å². The Morgan fingerprint density at radius 1 is 1.18 bits per heavy atom. The summed E-state index contributed by atoms with van der Waals surface area (Å²) in [5.74, 6) is 0.760. The van der Waals surface area contributed by atoms with Crippen LogP contribution in [-0.4, -0.2) is 9.97 Å². The van der Waals surface area contributed by atoms with E-state index in [0.717, 1.165) is 28.9 Å². The van der Waals surface area contributed by atoms with Crippen LogP contribution < -0.4 is 0 Å². The van der Waals surface area contributed by atoms with Crippen LogP contribution in [0.3, 0.4) is 0 Å². The zero-order valence-corrected chi connectivity index (χ0v) is 9.85. The third kappa shape index (κ3) is 2.68. The zero-order valence-electron chi connectivity index (χ0n) is 9.85. The van der Waals surface area contributed by atoms with E-state index in [2.05, 4.69) is 29.2 Å². The van der Waals surface area contributed by atoms with Crippen molar-refractivity contribution in [3.63, 3.8) is 0 Å². The maximum absolute atomic E-state index is 4.35. The average molecular weight is 222 g/mol.